The molecular formula is C14H16FN3O2S. The van der Waals surface area contributed by atoms with Gasteiger partial charge in [-0.3, -0.25) is 4.72 Å². The van der Waals surface area contributed by atoms with Gasteiger partial charge in [0.15, 0.2) is 0 Å². The quantitative estimate of drug-likeness (QED) is 0.905. The van der Waals surface area contributed by atoms with Crippen molar-refractivity contribution in [3.05, 3.63) is 53.0 Å². The number of nitrogens with one attached hydrogen (secondary N) is 1. The number of aryl methyl sites for hydroxylation is 2. The van der Waals surface area contributed by atoms with Gasteiger partial charge in [-0.15, -0.1) is 0 Å². The van der Waals surface area contributed by atoms with E-state index in [0.717, 1.165) is 11.6 Å². The molecule has 1 heterocycles. The number of halogens is 1. The normalized spacial score (nSPS) is 11.4. The Hall–Kier alpha value is -1.99. The molecule has 0 fully saturated rings. The highest BCUT2D eigenvalue weighted by Gasteiger charge is 2.20. The van der Waals surface area contributed by atoms with E-state index >= 15 is 0 Å². The van der Waals surface area contributed by atoms with Crippen LogP contribution in [0.4, 0.5) is 10.2 Å². The summed E-state index contributed by atoms with van der Waals surface area (Å²) in [6.45, 7) is 3.72. The molecule has 0 radical (unpaired) electrons. The maximum Gasteiger partial charge on any atom is 0.265 e. The molecule has 2 rings (SSSR count). The van der Waals surface area contributed by atoms with Crippen molar-refractivity contribution in [2.45, 2.75) is 25.3 Å². The topological polar surface area (TPSA) is 85.1 Å². The largest absolute Gasteiger partial charge is 0.326 e. The molecule has 1 aromatic heterocycles. The van der Waals surface area contributed by atoms with Crippen LogP contribution in [-0.4, -0.2) is 13.4 Å². The SMILES string of the molecule is Cc1cc(C)nc(NS(=O)(=O)c2ccc(CN)cc2F)c1. The van der Waals surface area contributed by atoms with Crippen LogP contribution in [0.15, 0.2) is 35.2 Å². The van der Waals surface area contributed by atoms with Gasteiger partial charge in [0, 0.05) is 12.2 Å². The molecule has 21 heavy (non-hydrogen) atoms. The van der Waals surface area contributed by atoms with Gasteiger partial charge in [0.1, 0.15) is 16.5 Å². The van der Waals surface area contributed by atoms with Gasteiger partial charge in [-0.1, -0.05) is 6.07 Å². The number of nitrogens with zero attached hydrogens (tertiary/aromatic N) is 1. The van der Waals surface area contributed by atoms with Crippen molar-refractivity contribution < 1.29 is 12.8 Å². The Morgan fingerprint density at radius 3 is 2.52 bits per heavy atom. The molecule has 0 atom stereocenters. The Morgan fingerprint density at radius 1 is 1.24 bits per heavy atom. The molecule has 0 saturated heterocycles. The molecule has 0 aliphatic rings. The summed E-state index contributed by atoms with van der Waals surface area (Å²) in [6, 6.07) is 7.18. The molecule has 0 amide bonds. The minimum absolute atomic E-state index is 0.142. The third-order valence-electron chi connectivity index (χ3n) is 2.86. The first kappa shape index (κ1) is 15.4. The van der Waals surface area contributed by atoms with E-state index in [-0.39, 0.29) is 12.4 Å². The average molecular weight is 309 g/mol. The Morgan fingerprint density at radius 2 is 1.95 bits per heavy atom. The molecule has 2 aromatic rings. The zero-order valence-electron chi connectivity index (χ0n) is 11.7. The molecule has 3 N–H and O–H groups in total. The van der Waals surface area contributed by atoms with Crippen molar-refractivity contribution in [2.24, 2.45) is 5.73 Å². The Bertz CT molecular complexity index is 756. The summed E-state index contributed by atoms with van der Waals surface area (Å²) < 4.78 is 40.6. The van der Waals surface area contributed by atoms with Crippen LogP contribution in [0.5, 0.6) is 0 Å². The van der Waals surface area contributed by atoms with Crippen molar-refractivity contribution in [1.82, 2.24) is 4.98 Å². The van der Waals surface area contributed by atoms with E-state index in [9.17, 15) is 12.8 Å². The first-order valence-corrected chi connectivity index (χ1v) is 7.77. The van der Waals surface area contributed by atoms with Crippen LogP contribution in [-0.2, 0) is 16.6 Å². The second-order valence-corrected chi connectivity index (χ2v) is 6.40. The molecule has 5 nitrogen and oxygen atoms in total. The number of nitrogens with two attached hydrogens (primary N) is 1. The predicted molar refractivity (Wildman–Crippen MR) is 78.8 cm³/mol. The van der Waals surface area contributed by atoms with Crippen molar-refractivity contribution in [1.29, 1.82) is 0 Å². The maximum absolute atomic E-state index is 13.9. The predicted octanol–water partition coefficient (Wildman–Crippen LogP) is 2.10. The highest BCUT2D eigenvalue weighted by Crippen LogP contribution is 2.20. The van der Waals surface area contributed by atoms with Gasteiger partial charge in [-0.25, -0.2) is 17.8 Å². The van der Waals surface area contributed by atoms with Crippen LogP contribution in [0, 0.1) is 19.7 Å². The minimum Gasteiger partial charge on any atom is -0.326 e. The lowest BCUT2D eigenvalue weighted by Crippen LogP contribution is -2.16. The fraction of sp³-hybridized carbons (Fsp3) is 0.214. The van der Waals surface area contributed by atoms with E-state index in [4.69, 9.17) is 5.73 Å². The minimum atomic E-state index is -4.03. The van der Waals surface area contributed by atoms with E-state index in [1.807, 2.05) is 13.0 Å². The van der Waals surface area contributed by atoms with Crippen LogP contribution in [0.2, 0.25) is 0 Å². The summed E-state index contributed by atoms with van der Waals surface area (Å²) in [5.41, 5.74) is 7.45. The number of rotatable bonds is 4. The average Bonchev–Trinajstić information content (AvgIpc) is 2.36. The van der Waals surface area contributed by atoms with Crippen molar-refractivity contribution in [3.63, 3.8) is 0 Å². The van der Waals surface area contributed by atoms with Crippen LogP contribution in [0.1, 0.15) is 16.8 Å². The number of pyridine rings is 1. The molecule has 1 aromatic carbocycles. The first-order valence-electron chi connectivity index (χ1n) is 6.28. The van der Waals surface area contributed by atoms with Gasteiger partial charge in [-0.2, -0.15) is 0 Å². The Kier molecular flexibility index (Phi) is 4.24. The summed E-state index contributed by atoms with van der Waals surface area (Å²) in [5.74, 6) is -0.676. The standard InChI is InChI=1S/C14H16FN3O2S/c1-9-5-10(2)17-14(6-9)18-21(19,20)13-4-3-11(8-16)7-12(13)15/h3-7H,8,16H2,1-2H3,(H,17,18). The maximum atomic E-state index is 13.9. The summed E-state index contributed by atoms with van der Waals surface area (Å²) in [5, 5.41) is 0. The lowest BCUT2D eigenvalue weighted by atomic mass is 10.2. The highest BCUT2D eigenvalue weighted by molar-refractivity contribution is 7.92. The lowest BCUT2D eigenvalue weighted by molar-refractivity contribution is 0.569. The van der Waals surface area contributed by atoms with Crippen LogP contribution in [0.3, 0.4) is 0 Å². The summed E-state index contributed by atoms with van der Waals surface area (Å²) in [4.78, 5) is 3.65. The smallest absolute Gasteiger partial charge is 0.265 e. The number of hydrogen-bond acceptors (Lipinski definition) is 4. The number of benzene rings is 1. The fourth-order valence-electron chi connectivity index (χ4n) is 1.98. The van der Waals surface area contributed by atoms with Gasteiger partial charge in [-0.05, 0) is 49.2 Å². The summed E-state index contributed by atoms with van der Waals surface area (Å²) in [6.07, 6.45) is 0. The van der Waals surface area contributed by atoms with Gasteiger partial charge in [0.2, 0.25) is 0 Å². The second-order valence-electron chi connectivity index (χ2n) is 4.75. The highest BCUT2D eigenvalue weighted by atomic mass is 32.2. The molecular weight excluding hydrogens is 293 g/mol. The molecule has 112 valence electrons. The van der Waals surface area contributed by atoms with E-state index in [1.165, 1.54) is 12.1 Å². The molecule has 0 spiro atoms. The van der Waals surface area contributed by atoms with Crippen LogP contribution < -0.4 is 10.5 Å². The monoisotopic (exact) mass is 309 g/mol. The molecule has 0 unspecified atom stereocenters. The second kappa shape index (κ2) is 5.79. The third kappa shape index (κ3) is 3.56. The molecule has 0 saturated carbocycles. The van der Waals surface area contributed by atoms with Gasteiger partial charge in [0.25, 0.3) is 10.0 Å². The molecule has 0 bridgehead atoms. The van der Waals surface area contributed by atoms with E-state index in [2.05, 4.69) is 9.71 Å². The van der Waals surface area contributed by atoms with Crippen LogP contribution >= 0.6 is 0 Å². The van der Waals surface area contributed by atoms with E-state index in [0.29, 0.717) is 11.3 Å². The number of aromatic nitrogens is 1. The zero-order valence-corrected chi connectivity index (χ0v) is 12.5. The van der Waals surface area contributed by atoms with E-state index < -0.39 is 20.7 Å². The molecule has 7 heteroatoms. The number of anilines is 1. The molecule has 0 aliphatic carbocycles. The van der Waals surface area contributed by atoms with Crippen LogP contribution in [0.25, 0.3) is 0 Å². The number of hydrogen-bond donors (Lipinski definition) is 2. The Labute approximate surface area is 123 Å². The van der Waals surface area contributed by atoms with E-state index in [1.54, 1.807) is 13.0 Å². The van der Waals surface area contributed by atoms with Gasteiger partial charge >= 0.3 is 0 Å². The lowest BCUT2D eigenvalue weighted by Gasteiger charge is -2.10. The zero-order chi connectivity index (χ0) is 15.6. The summed E-state index contributed by atoms with van der Waals surface area (Å²) >= 11 is 0. The summed E-state index contributed by atoms with van der Waals surface area (Å²) in [7, 11) is -4.03. The van der Waals surface area contributed by atoms with Crippen molar-refractivity contribution in [2.75, 3.05) is 4.72 Å². The van der Waals surface area contributed by atoms with Gasteiger partial charge in [0.05, 0.1) is 0 Å². The molecule has 0 aliphatic heterocycles. The third-order valence-corrected chi connectivity index (χ3v) is 4.25. The van der Waals surface area contributed by atoms with Crippen molar-refractivity contribution in [3.8, 4) is 0 Å². The van der Waals surface area contributed by atoms with Crippen molar-refractivity contribution >= 4 is 15.8 Å². The fourth-order valence-corrected chi connectivity index (χ4v) is 3.03. The van der Waals surface area contributed by atoms with Gasteiger partial charge < -0.3 is 5.73 Å². The number of sulfonamides is 1. The Balaban J connectivity index is 2.38. The first-order chi connectivity index (χ1) is 9.81.